The van der Waals surface area contributed by atoms with Gasteiger partial charge in [-0.1, -0.05) is 12.1 Å². The van der Waals surface area contributed by atoms with Crippen LogP contribution in [-0.4, -0.2) is 59.4 Å². The van der Waals surface area contributed by atoms with E-state index in [1.165, 1.54) is 23.5 Å². The Bertz CT molecular complexity index is 678. The van der Waals surface area contributed by atoms with Gasteiger partial charge in [0, 0.05) is 24.4 Å². The van der Waals surface area contributed by atoms with Gasteiger partial charge in [0.05, 0.1) is 17.7 Å². The van der Waals surface area contributed by atoms with Crippen LogP contribution in [0, 0.1) is 0 Å². The van der Waals surface area contributed by atoms with Gasteiger partial charge in [-0.25, -0.2) is 0 Å². The van der Waals surface area contributed by atoms with Crippen LogP contribution in [0.25, 0.3) is 0 Å². The van der Waals surface area contributed by atoms with Gasteiger partial charge in [0.25, 0.3) is 11.8 Å². The Morgan fingerprint density at radius 2 is 1.92 bits per heavy atom. The summed E-state index contributed by atoms with van der Waals surface area (Å²) >= 11 is 1.98. The largest absolute Gasteiger partial charge is 0.357 e. The highest BCUT2D eigenvalue weighted by molar-refractivity contribution is 8.00. The average Bonchev–Trinajstić information content (AvgIpc) is 3.18. The van der Waals surface area contributed by atoms with Gasteiger partial charge in [-0.3, -0.25) is 19.5 Å². The normalized spacial score (nSPS) is 22.7. The lowest BCUT2D eigenvalue weighted by Gasteiger charge is -2.21. The van der Waals surface area contributed by atoms with E-state index < -0.39 is 0 Å². The number of fused-ring (bicyclic) bond motifs is 1. The fourth-order valence-electron chi connectivity index (χ4n) is 3.28. The van der Waals surface area contributed by atoms with Crippen LogP contribution < -0.4 is 10.6 Å². The number of hydrogen-bond donors (Lipinski definition) is 2. The first-order valence-corrected chi connectivity index (χ1v) is 10.1. The molecule has 140 valence electrons. The van der Waals surface area contributed by atoms with Gasteiger partial charge in [0.1, 0.15) is 0 Å². The molecule has 2 amide bonds. The number of nitrogens with zero attached hydrogens (tertiary/aromatic N) is 2. The maximum absolute atomic E-state index is 12.4. The molecule has 2 aliphatic rings. The average molecular weight is 375 g/mol. The summed E-state index contributed by atoms with van der Waals surface area (Å²) in [6.07, 6.45) is 2.44. The minimum Gasteiger partial charge on any atom is -0.357 e. The van der Waals surface area contributed by atoms with Gasteiger partial charge in [0.2, 0.25) is 0 Å². The quantitative estimate of drug-likeness (QED) is 0.453. The number of aliphatic imine (C=N–C) groups is 1. The van der Waals surface area contributed by atoms with Gasteiger partial charge in [-0.2, -0.15) is 11.8 Å². The highest BCUT2D eigenvalue weighted by Gasteiger charge is 2.34. The van der Waals surface area contributed by atoms with E-state index in [9.17, 15) is 9.59 Å². The van der Waals surface area contributed by atoms with Crippen LogP contribution >= 0.6 is 11.8 Å². The molecule has 0 bridgehead atoms. The lowest BCUT2D eigenvalue weighted by molar-refractivity contribution is 0.0657. The fourth-order valence-corrected chi connectivity index (χ4v) is 4.50. The first-order chi connectivity index (χ1) is 12.5. The lowest BCUT2D eigenvalue weighted by Crippen LogP contribution is -2.43. The van der Waals surface area contributed by atoms with Gasteiger partial charge < -0.3 is 10.6 Å². The van der Waals surface area contributed by atoms with Crippen LogP contribution in [0.4, 0.5) is 0 Å². The molecule has 2 heterocycles. The van der Waals surface area contributed by atoms with Crippen LogP contribution in [0.1, 0.15) is 47.4 Å². The second-order valence-electron chi connectivity index (χ2n) is 6.83. The predicted molar refractivity (Wildman–Crippen MR) is 106 cm³/mol. The van der Waals surface area contributed by atoms with Gasteiger partial charge >= 0.3 is 0 Å². The smallest absolute Gasteiger partial charge is 0.261 e. The van der Waals surface area contributed by atoms with Crippen molar-refractivity contribution in [2.24, 2.45) is 4.99 Å². The van der Waals surface area contributed by atoms with E-state index in [0.717, 1.165) is 19.0 Å². The number of imide groups is 1. The molecule has 1 atom stereocenters. The summed E-state index contributed by atoms with van der Waals surface area (Å²) in [5.74, 6) is 1.50. The molecular weight excluding hydrogens is 348 g/mol. The molecule has 0 aliphatic carbocycles. The van der Waals surface area contributed by atoms with Crippen molar-refractivity contribution in [3.63, 3.8) is 0 Å². The van der Waals surface area contributed by atoms with Crippen molar-refractivity contribution >= 4 is 29.5 Å². The Morgan fingerprint density at radius 1 is 1.23 bits per heavy atom. The Hall–Kier alpha value is -2.02. The number of carbonyl (C=O) groups excluding carboxylic acids is 2. The lowest BCUT2D eigenvalue weighted by atomic mass is 10.1. The Morgan fingerprint density at radius 3 is 2.50 bits per heavy atom. The molecule has 1 saturated heterocycles. The standard InChI is InChI=1S/C19H26N4O2S/c1-3-20-18(22-13-19(2)9-6-12-26-19)21-10-11-23-16(24)14-7-4-5-8-15(14)17(23)25/h4-5,7-8H,3,6,9-13H2,1-2H3,(H2,20,21,22). The van der Waals surface area contributed by atoms with Crippen LogP contribution in [0.5, 0.6) is 0 Å². The van der Waals surface area contributed by atoms with E-state index in [4.69, 9.17) is 4.99 Å². The second-order valence-corrected chi connectivity index (χ2v) is 8.51. The van der Waals surface area contributed by atoms with Crippen LogP contribution in [0.3, 0.4) is 0 Å². The van der Waals surface area contributed by atoms with E-state index in [1.54, 1.807) is 24.3 Å². The molecule has 2 N–H and O–H groups in total. The predicted octanol–water partition coefficient (Wildman–Crippen LogP) is 2.12. The Labute approximate surface area is 158 Å². The van der Waals surface area contributed by atoms with E-state index in [1.807, 2.05) is 18.7 Å². The summed E-state index contributed by atoms with van der Waals surface area (Å²) in [4.78, 5) is 30.8. The van der Waals surface area contributed by atoms with Gasteiger partial charge in [-0.05, 0) is 44.6 Å². The summed E-state index contributed by atoms with van der Waals surface area (Å²) in [5, 5.41) is 6.47. The molecule has 7 heteroatoms. The van der Waals surface area contributed by atoms with Crippen molar-refractivity contribution < 1.29 is 9.59 Å². The molecular formula is C19H26N4O2S. The number of hydrogen-bond acceptors (Lipinski definition) is 4. The highest BCUT2D eigenvalue weighted by atomic mass is 32.2. The number of guanidine groups is 1. The molecule has 0 radical (unpaired) electrons. The maximum atomic E-state index is 12.4. The summed E-state index contributed by atoms with van der Waals surface area (Å²) in [6.45, 7) is 6.61. The minimum atomic E-state index is -0.218. The van der Waals surface area contributed by atoms with Crippen molar-refractivity contribution in [3.8, 4) is 0 Å². The van der Waals surface area contributed by atoms with Gasteiger partial charge in [-0.15, -0.1) is 0 Å². The number of carbonyl (C=O) groups is 2. The number of nitrogens with one attached hydrogen (secondary N) is 2. The first kappa shape index (κ1) is 18.8. The SMILES string of the molecule is CCNC(=NCC1(C)CCCS1)NCCN1C(=O)c2ccccc2C1=O. The van der Waals surface area contributed by atoms with Crippen molar-refractivity contribution in [2.75, 3.05) is 31.9 Å². The molecule has 0 aromatic heterocycles. The third-order valence-corrected chi connectivity index (χ3v) is 6.25. The molecule has 3 rings (SSSR count). The summed E-state index contributed by atoms with van der Waals surface area (Å²) in [5.41, 5.74) is 0.980. The van der Waals surface area contributed by atoms with Crippen molar-refractivity contribution in [3.05, 3.63) is 35.4 Å². The first-order valence-electron chi connectivity index (χ1n) is 9.15. The van der Waals surface area contributed by atoms with Gasteiger partial charge in [0.15, 0.2) is 5.96 Å². The second kappa shape index (κ2) is 8.12. The molecule has 1 unspecified atom stereocenters. The molecule has 1 aromatic rings. The molecule has 2 aliphatic heterocycles. The van der Waals surface area contributed by atoms with Crippen LogP contribution in [0.15, 0.2) is 29.3 Å². The van der Waals surface area contributed by atoms with E-state index in [-0.39, 0.29) is 16.6 Å². The molecule has 26 heavy (non-hydrogen) atoms. The molecule has 0 saturated carbocycles. The maximum Gasteiger partial charge on any atom is 0.261 e. The third-order valence-electron chi connectivity index (χ3n) is 4.72. The third kappa shape index (κ3) is 4.03. The number of benzene rings is 1. The van der Waals surface area contributed by atoms with E-state index >= 15 is 0 Å². The summed E-state index contributed by atoms with van der Waals surface area (Å²) in [6, 6.07) is 6.97. The molecule has 1 fully saturated rings. The summed E-state index contributed by atoms with van der Waals surface area (Å²) < 4.78 is 0.213. The monoisotopic (exact) mass is 374 g/mol. The van der Waals surface area contributed by atoms with Crippen molar-refractivity contribution in [1.82, 2.24) is 15.5 Å². The minimum absolute atomic E-state index is 0.213. The molecule has 1 aromatic carbocycles. The molecule has 0 spiro atoms. The zero-order valence-corrected chi connectivity index (χ0v) is 16.2. The molecule has 6 nitrogen and oxygen atoms in total. The van der Waals surface area contributed by atoms with Crippen LogP contribution in [0.2, 0.25) is 0 Å². The van der Waals surface area contributed by atoms with Crippen molar-refractivity contribution in [2.45, 2.75) is 31.4 Å². The summed E-state index contributed by atoms with van der Waals surface area (Å²) in [7, 11) is 0. The number of amides is 2. The topological polar surface area (TPSA) is 73.8 Å². The zero-order valence-electron chi connectivity index (χ0n) is 15.4. The Balaban J connectivity index is 1.55. The van der Waals surface area contributed by atoms with E-state index in [2.05, 4.69) is 17.6 Å². The highest BCUT2D eigenvalue weighted by Crippen LogP contribution is 2.37. The zero-order chi connectivity index (χ0) is 18.6. The number of thioether (sulfide) groups is 1. The number of rotatable bonds is 6. The Kier molecular flexibility index (Phi) is 5.86. The van der Waals surface area contributed by atoms with Crippen LogP contribution in [-0.2, 0) is 0 Å². The van der Waals surface area contributed by atoms with Crippen molar-refractivity contribution in [1.29, 1.82) is 0 Å². The fraction of sp³-hybridized carbons (Fsp3) is 0.526. The van der Waals surface area contributed by atoms with E-state index in [0.29, 0.717) is 24.2 Å².